The SMILES string of the molecule is Cc1ccccc1N(c1ccc(C=Cc2ccc(C=C(c3ccc(Cl)cc3)c3cccc4ccccc34)s2)cc1)c1ccccc1C. The summed E-state index contributed by atoms with van der Waals surface area (Å²) in [5.74, 6) is 0. The first-order valence-electron chi connectivity index (χ1n) is 15.8. The lowest BCUT2D eigenvalue weighted by Gasteiger charge is -2.28. The van der Waals surface area contributed by atoms with Crippen molar-refractivity contribution in [3.05, 3.63) is 194 Å². The third kappa shape index (κ3) is 6.71. The van der Waals surface area contributed by atoms with Crippen molar-refractivity contribution in [3.63, 3.8) is 0 Å². The molecule has 1 nitrogen and oxygen atoms in total. The number of rotatable bonds is 8. The van der Waals surface area contributed by atoms with Gasteiger partial charge in [-0.2, -0.15) is 0 Å². The molecule has 0 saturated heterocycles. The third-order valence-corrected chi connectivity index (χ3v) is 9.72. The molecular formula is C44H34ClNS. The van der Waals surface area contributed by atoms with Gasteiger partial charge in [0, 0.05) is 31.8 Å². The molecule has 0 saturated carbocycles. The van der Waals surface area contributed by atoms with E-state index in [1.54, 1.807) is 11.3 Å². The van der Waals surface area contributed by atoms with E-state index in [1.807, 2.05) is 12.1 Å². The monoisotopic (exact) mass is 643 g/mol. The maximum Gasteiger partial charge on any atom is 0.0490 e. The molecule has 0 bridgehead atoms. The third-order valence-electron chi connectivity index (χ3n) is 8.47. The van der Waals surface area contributed by atoms with E-state index in [0.717, 1.165) is 21.8 Å². The van der Waals surface area contributed by atoms with Crippen molar-refractivity contribution in [1.82, 2.24) is 0 Å². The lowest BCUT2D eigenvalue weighted by molar-refractivity contribution is 1.22. The van der Waals surface area contributed by atoms with E-state index in [1.165, 1.54) is 54.2 Å². The van der Waals surface area contributed by atoms with E-state index >= 15 is 0 Å². The number of benzene rings is 6. The predicted molar refractivity (Wildman–Crippen MR) is 206 cm³/mol. The molecule has 0 aliphatic carbocycles. The summed E-state index contributed by atoms with van der Waals surface area (Å²) < 4.78 is 0. The van der Waals surface area contributed by atoms with Gasteiger partial charge in [-0.15, -0.1) is 11.3 Å². The van der Waals surface area contributed by atoms with Gasteiger partial charge in [-0.25, -0.2) is 0 Å². The van der Waals surface area contributed by atoms with E-state index < -0.39 is 0 Å². The molecule has 7 rings (SSSR count). The molecule has 0 N–H and O–H groups in total. The van der Waals surface area contributed by atoms with E-state index in [2.05, 4.69) is 177 Å². The molecule has 0 spiro atoms. The molecule has 47 heavy (non-hydrogen) atoms. The van der Waals surface area contributed by atoms with Crippen molar-refractivity contribution >= 4 is 74.6 Å². The zero-order chi connectivity index (χ0) is 32.2. The zero-order valence-corrected chi connectivity index (χ0v) is 28.0. The van der Waals surface area contributed by atoms with Gasteiger partial charge in [-0.05, 0) is 119 Å². The van der Waals surface area contributed by atoms with Gasteiger partial charge in [0.2, 0.25) is 0 Å². The van der Waals surface area contributed by atoms with Gasteiger partial charge in [0.05, 0.1) is 0 Å². The van der Waals surface area contributed by atoms with Crippen LogP contribution in [0.25, 0.3) is 34.6 Å². The molecule has 1 aromatic heterocycles. The normalized spacial score (nSPS) is 11.8. The smallest absolute Gasteiger partial charge is 0.0490 e. The Hall–Kier alpha value is -5.15. The van der Waals surface area contributed by atoms with Crippen LogP contribution in [0.2, 0.25) is 5.02 Å². The Balaban J connectivity index is 1.18. The van der Waals surface area contributed by atoms with Crippen LogP contribution in [0.1, 0.15) is 37.6 Å². The van der Waals surface area contributed by atoms with Gasteiger partial charge in [0.25, 0.3) is 0 Å². The van der Waals surface area contributed by atoms with Gasteiger partial charge in [-0.3, -0.25) is 0 Å². The molecule has 3 heteroatoms. The number of thiophene rings is 1. The molecule has 0 aliphatic rings. The number of hydrogen-bond acceptors (Lipinski definition) is 2. The van der Waals surface area contributed by atoms with Crippen molar-refractivity contribution in [1.29, 1.82) is 0 Å². The average Bonchev–Trinajstić information content (AvgIpc) is 3.56. The highest BCUT2D eigenvalue weighted by molar-refractivity contribution is 7.13. The van der Waals surface area contributed by atoms with Gasteiger partial charge >= 0.3 is 0 Å². The van der Waals surface area contributed by atoms with Gasteiger partial charge in [-0.1, -0.05) is 121 Å². The van der Waals surface area contributed by atoms with Crippen LogP contribution >= 0.6 is 22.9 Å². The minimum atomic E-state index is 0.737. The second kappa shape index (κ2) is 13.7. The van der Waals surface area contributed by atoms with Crippen molar-refractivity contribution in [2.24, 2.45) is 0 Å². The van der Waals surface area contributed by atoms with Gasteiger partial charge < -0.3 is 4.90 Å². The van der Waals surface area contributed by atoms with Crippen LogP contribution in [0.15, 0.2) is 152 Å². The minimum Gasteiger partial charge on any atom is -0.310 e. The number of hydrogen-bond donors (Lipinski definition) is 0. The summed E-state index contributed by atoms with van der Waals surface area (Å²) in [6.07, 6.45) is 6.70. The minimum absolute atomic E-state index is 0.737. The predicted octanol–water partition coefficient (Wildman–Crippen LogP) is 13.4. The number of anilines is 3. The van der Waals surface area contributed by atoms with Crippen LogP contribution in [0, 0.1) is 13.8 Å². The highest BCUT2D eigenvalue weighted by atomic mass is 35.5. The highest BCUT2D eigenvalue weighted by Gasteiger charge is 2.16. The molecule has 1 heterocycles. The Bertz CT molecular complexity index is 2170. The van der Waals surface area contributed by atoms with Crippen LogP contribution in [0.5, 0.6) is 0 Å². The first-order chi connectivity index (χ1) is 23.0. The maximum atomic E-state index is 6.27. The van der Waals surface area contributed by atoms with Gasteiger partial charge in [0.1, 0.15) is 0 Å². The molecule has 6 aromatic carbocycles. The van der Waals surface area contributed by atoms with Crippen LogP contribution in [-0.2, 0) is 0 Å². The maximum absolute atomic E-state index is 6.27. The Labute approximate surface area is 286 Å². The fourth-order valence-corrected chi connectivity index (χ4v) is 7.02. The van der Waals surface area contributed by atoms with Crippen molar-refractivity contribution < 1.29 is 0 Å². The molecule has 0 radical (unpaired) electrons. The Morgan fingerprint density at radius 1 is 0.574 bits per heavy atom. The highest BCUT2D eigenvalue weighted by Crippen LogP contribution is 2.38. The first kappa shape index (κ1) is 30.5. The number of aryl methyl sites for hydroxylation is 2. The fourth-order valence-electron chi connectivity index (χ4n) is 6.03. The summed E-state index contributed by atoms with van der Waals surface area (Å²) >= 11 is 8.06. The second-order valence-corrected chi connectivity index (χ2v) is 13.2. The van der Waals surface area contributed by atoms with E-state index in [9.17, 15) is 0 Å². The molecule has 0 aliphatic heterocycles. The van der Waals surface area contributed by atoms with Crippen LogP contribution in [0.4, 0.5) is 17.1 Å². The van der Waals surface area contributed by atoms with Crippen LogP contribution < -0.4 is 4.90 Å². The summed E-state index contributed by atoms with van der Waals surface area (Å²) in [4.78, 5) is 4.75. The van der Waals surface area contributed by atoms with Crippen LogP contribution in [0.3, 0.4) is 0 Å². The average molecular weight is 644 g/mol. The van der Waals surface area contributed by atoms with Crippen molar-refractivity contribution in [2.75, 3.05) is 4.90 Å². The molecule has 228 valence electrons. The topological polar surface area (TPSA) is 3.24 Å². The van der Waals surface area contributed by atoms with Crippen molar-refractivity contribution in [2.45, 2.75) is 13.8 Å². The van der Waals surface area contributed by atoms with Gasteiger partial charge in [0.15, 0.2) is 0 Å². The number of nitrogens with zero attached hydrogens (tertiary/aromatic N) is 1. The zero-order valence-electron chi connectivity index (χ0n) is 26.4. The molecule has 7 aromatic rings. The van der Waals surface area contributed by atoms with E-state index in [-0.39, 0.29) is 0 Å². The quantitative estimate of drug-likeness (QED) is 0.159. The Morgan fingerprint density at radius 2 is 1.19 bits per heavy atom. The summed E-state index contributed by atoms with van der Waals surface area (Å²) in [5.41, 5.74) is 10.7. The molecule has 0 atom stereocenters. The van der Waals surface area contributed by atoms with Crippen molar-refractivity contribution in [3.8, 4) is 0 Å². The summed E-state index contributed by atoms with van der Waals surface area (Å²) in [5, 5.41) is 3.20. The van der Waals surface area contributed by atoms with E-state index in [4.69, 9.17) is 11.6 Å². The number of halogens is 1. The Morgan fingerprint density at radius 3 is 1.89 bits per heavy atom. The summed E-state index contributed by atoms with van der Waals surface area (Å²) in [6, 6.07) is 53.6. The lowest BCUT2D eigenvalue weighted by Crippen LogP contribution is -2.12. The summed E-state index contributed by atoms with van der Waals surface area (Å²) in [7, 11) is 0. The fraction of sp³-hybridized carbons (Fsp3) is 0.0455. The summed E-state index contributed by atoms with van der Waals surface area (Å²) in [6.45, 7) is 4.34. The molecule has 0 fully saturated rings. The number of para-hydroxylation sites is 2. The van der Waals surface area contributed by atoms with E-state index in [0.29, 0.717) is 0 Å². The Kier molecular flexibility index (Phi) is 8.88. The molecule has 0 unspecified atom stereocenters. The lowest BCUT2D eigenvalue weighted by atomic mass is 9.93. The largest absolute Gasteiger partial charge is 0.310 e. The first-order valence-corrected chi connectivity index (χ1v) is 17.0. The second-order valence-electron chi connectivity index (χ2n) is 11.7. The molecule has 0 amide bonds. The molecular weight excluding hydrogens is 610 g/mol. The van der Waals surface area contributed by atoms with Crippen LogP contribution in [-0.4, -0.2) is 0 Å². The standard InChI is InChI=1S/C44H34ClNS/c1-31-10-3-7-16-43(31)46(44-17-8-4-11-32(44)2)37-25-18-33(19-26-37)20-27-38-28-29-39(47-38)30-42(35-21-23-36(45)24-22-35)41-15-9-13-34-12-5-6-14-40(34)41/h3-30H,1-2H3. The number of fused-ring (bicyclic) bond motifs is 1.